The minimum Gasteiger partial charge on any atom is -0.208 e. The van der Waals surface area contributed by atoms with Crippen LogP contribution in [0.5, 0.6) is 0 Å². The molecule has 1 aliphatic carbocycles. The molecule has 53 heavy (non-hydrogen) atoms. The molecule has 0 spiro atoms. The van der Waals surface area contributed by atoms with Crippen LogP contribution in [0.15, 0.2) is 200 Å². The Kier molecular flexibility index (Phi) is 7.36. The highest BCUT2D eigenvalue weighted by atomic mass is 15.0. The number of hydrogen-bond acceptors (Lipinski definition) is 3. The maximum atomic E-state index is 5.22. The van der Waals surface area contributed by atoms with E-state index in [0.717, 1.165) is 33.2 Å². The van der Waals surface area contributed by atoms with Gasteiger partial charge in [0.2, 0.25) is 0 Å². The summed E-state index contributed by atoms with van der Waals surface area (Å²) in [5.41, 5.74) is 12.2. The van der Waals surface area contributed by atoms with Gasteiger partial charge in [0, 0.05) is 16.7 Å². The number of benzene rings is 8. The molecule has 9 aromatic rings. The zero-order valence-electron chi connectivity index (χ0n) is 28.9. The molecule has 0 amide bonds. The van der Waals surface area contributed by atoms with E-state index in [9.17, 15) is 0 Å². The van der Waals surface area contributed by atoms with Crippen molar-refractivity contribution < 1.29 is 0 Å². The van der Waals surface area contributed by atoms with Crippen LogP contribution < -0.4 is 0 Å². The van der Waals surface area contributed by atoms with E-state index >= 15 is 0 Å². The molecule has 0 atom stereocenters. The average molecular weight is 676 g/mol. The lowest BCUT2D eigenvalue weighted by atomic mass is 9.67. The molecule has 3 nitrogen and oxygen atoms in total. The molecule has 248 valence electrons. The van der Waals surface area contributed by atoms with Crippen LogP contribution in [0.2, 0.25) is 0 Å². The van der Waals surface area contributed by atoms with Gasteiger partial charge in [-0.3, -0.25) is 0 Å². The average Bonchev–Trinajstić information content (AvgIpc) is 3.56. The molecule has 0 unspecified atom stereocenters. The van der Waals surface area contributed by atoms with Crippen LogP contribution in [-0.4, -0.2) is 15.0 Å². The van der Waals surface area contributed by atoms with E-state index in [1.807, 2.05) is 24.3 Å². The summed E-state index contributed by atoms with van der Waals surface area (Å²) in [6, 6.07) is 71.0. The van der Waals surface area contributed by atoms with Crippen molar-refractivity contribution in [3.63, 3.8) is 0 Å². The van der Waals surface area contributed by atoms with E-state index < -0.39 is 5.41 Å². The maximum Gasteiger partial charge on any atom is 0.164 e. The Morgan fingerprint density at radius 2 is 0.811 bits per heavy atom. The number of hydrogen-bond donors (Lipinski definition) is 0. The summed E-state index contributed by atoms with van der Waals surface area (Å²) in [5, 5.41) is 2.28. The largest absolute Gasteiger partial charge is 0.208 e. The van der Waals surface area contributed by atoms with Gasteiger partial charge < -0.3 is 0 Å². The lowest BCUT2D eigenvalue weighted by Crippen LogP contribution is -2.28. The molecule has 8 aromatic carbocycles. The van der Waals surface area contributed by atoms with Crippen LogP contribution in [0.25, 0.3) is 67.2 Å². The molecule has 0 saturated heterocycles. The van der Waals surface area contributed by atoms with Crippen LogP contribution >= 0.6 is 0 Å². The lowest BCUT2D eigenvalue weighted by Gasteiger charge is -2.34. The fourth-order valence-corrected chi connectivity index (χ4v) is 8.30. The zero-order valence-corrected chi connectivity index (χ0v) is 28.9. The van der Waals surface area contributed by atoms with Crippen molar-refractivity contribution in [2.45, 2.75) is 5.41 Å². The SMILES string of the molecule is c1ccc(-c2cccc(-c3nc(-c4ccccc4)nc(-c4cccc5c6c(ccc45)C(c4ccccc4)(c4ccccc4)c4ccccc4-6)n3)c2)cc1. The quantitative estimate of drug-likeness (QED) is 0.176. The van der Waals surface area contributed by atoms with Gasteiger partial charge in [-0.25, -0.2) is 15.0 Å². The second-order valence-electron chi connectivity index (χ2n) is 13.5. The molecule has 0 N–H and O–H groups in total. The normalized spacial score (nSPS) is 12.7. The predicted molar refractivity (Wildman–Crippen MR) is 216 cm³/mol. The van der Waals surface area contributed by atoms with Gasteiger partial charge in [-0.15, -0.1) is 0 Å². The summed E-state index contributed by atoms with van der Waals surface area (Å²) < 4.78 is 0. The van der Waals surface area contributed by atoms with Gasteiger partial charge in [0.05, 0.1) is 5.41 Å². The van der Waals surface area contributed by atoms with E-state index in [-0.39, 0.29) is 0 Å². The molecule has 0 bridgehead atoms. The highest BCUT2D eigenvalue weighted by Gasteiger charge is 2.46. The summed E-state index contributed by atoms with van der Waals surface area (Å²) in [6.45, 7) is 0. The second kappa shape index (κ2) is 12.7. The Hall–Kier alpha value is -6.97. The maximum absolute atomic E-state index is 5.22. The van der Waals surface area contributed by atoms with Crippen molar-refractivity contribution in [1.82, 2.24) is 15.0 Å². The molecule has 1 aliphatic rings. The van der Waals surface area contributed by atoms with Gasteiger partial charge >= 0.3 is 0 Å². The first-order chi connectivity index (χ1) is 26.3. The smallest absolute Gasteiger partial charge is 0.164 e. The van der Waals surface area contributed by atoms with Crippen molar-refractivity contribution in [3.8, 4) is 56.4 Å². The van der Waals surface area contributed by atoms with E-state index in [1.165, 1.54) is 38.8 Å². The van der Waals surface area contributed by atoms with E-state index in [2.05, 4.69) is 176 Å². The highest BCUT2D eigenvalue weighted by Crippen LogP contribution is 2.58. The van der Waals surface area contributed by atoms with Crippen molar-refractivity contribution >= 4 is 10.8 Å². The van der Waals surface area contributed by atoms with E-state index in [4.69, 9.17) is 15.0 Å². The van der Waals surface area contributed by atoms with Crippen LogP contribution in [0.3, 0.4) is 0 Å². The summed E-state index contributed by atoms with van der Waals surface area (Å²) in [4.78, 5) is 15.5. The van der Waals surface area contributed by atoms with E-state index in [1.54, 1.807) is 0 Å². The summed E-state index contributed by atoms with van der Waals surface area (Å²) in [6.07, 6.45) is 0. The first kappa shape index (κ1) is 30.8. The third kappa shape index (κ3) is 5.01. The van der Waals surface area contributed by atoms with Gasteiger partial charge in [-0.05, 0) is 61.3 Å². The number of fused-ring (bicyclic) bond motifs is 5. The summed E-state index contributed by atoms with van der Waals surface area (Å²) >= 11 is 0. The zero-order chi connectivity index (χ0) is 35.2. The number of nitrogens with zero attached hydrogens (tertiary/aromatic N) is 3. The molecule has 0 aliphatic heterocycles. The van der Waals surface area contributed by atoms with Crippen molar-refractivity contribution in [2.24, 2.45) is 0 Å². The fraction of sp³-hybridized carbons (Fsp3) is 0.0200. The summed E-state index contributed by atoms with van der Waals surface area (Å²) in [7, 11) is 0. The Labute approximate surface area is 309 Å². The molecule has 1 heterocycles. The molecule has 0 fully saturated rings. The van der Waals surface area contributed by atoms with Crippen LogP contribution in [0.1, 0.15) is 22.3 Å². The van der Waals surface area contributed by atoms with Gasteiger partial charge in [0.15, 0.2) is 17.5 Å². The minimum atomic E-state index is -0.469. The molecule has 0 saturated carbocycles. The van der Waals surface area contributed by atoms with Crippen molar-refractivity contribution in [3.05, 3.63) is 222 Å². The third-order valence-electron chi connectivity index (χ3n) is 10.6. The van der Waals surface area contributed by atoms with Gasteiger partial charge in [-0.2, -0.15) is 0 Å². The third-order valence-corrected chi connectivity index (χ3v) is 10.6. The van der Waals surface area contributed by atoms with Gasteiger partial charge in [0.1, 0.15) is 0 Å². The standard InChI is InChI=1S/C50H33N3/c1-5-17-34(18-6-1)36-21-15-22-37(33-36)48-51-47(35-19-7-2-8-20-35)52-49(53-48)42-29-16-28-41-40(42)31-32-45-46(41)43-27-13-14-30-44(43)50(45,38-23-9-3-10-24-38)39-25-11-4-12-26-39/h1-33H. The number of aromatic nitrogens is 3. The number of rotatable bonds is 6. The highest BCUT2D eigenvalue weighted by molar-refractivity contribution is 6.08. The first-order valence-electron chi connectivity index (χ1n) is 18.0. The van der Waals surface area contributed by atoms with E-state index in [0.29, 0.717) is 17.5 Å². The molecule has 0 radical (unpaired) electrons. The minimum absolute atomic E-state index is 0.469. The van der Waals surface area contributed by atoms with Gasteiger partial charge in [0.25, 0.3) is 0 Å². The van der Waals surface area contributed by atoms with Crippen LogP contribution in [0, 0.1) is 0 Å². The lowest BCUT2D eigenvalue weighted by molar-refractivity contribution is 0.769. The molecule has 1 aromatic heterocycles. The monoisotopic (exact) mass is 675 g/mol. The molecule has 10 rings (SSSR count). The van der Waals surface area contributed by atoms with Crippen molar-refractivity contribution in [2.75, 3.05) is 0 Å². The Morgan fingerprint density at radius 3 is 1.51 bits per heavy atom. The Morgan fingerprint density at radius 1 is 0.302 bits per heavy atom. The van der Waals surface area contributed by atoms with Crippen LogP contribution in [0.4, 0.5) is 0 Å². The van der Waals surface area contributed by atoms with Crippen LogP contribution in [-0.2, 0) is 5.41 Å². The van der Waals surface area contributed by atoms with Gasteiger partial charge in [-0.1, -0.05) is 194 Å². The molecular formula is C50H33N3. The Bertz CT molecular complexity index is 2720. The first-order valence-corrected chi connectivity index (χ1v) is 18.0. The fourth-order valence-electron chi connectivity index (χ4n) is 8.30. The topological polar surface area (TPSA) is 38.7 Å². The molecular weight excluding hydrogens is 643 g/mol. The Balaban J connectivity index is 1.22. The predicted octanol–water partition coefficient (Wildman–Crippen LogP) is 12.1. The molecule has 3 heteroatoms. The van der Waals surface area contributed by atoms with Crippen molar-refractivity contribution in [1.29, 1.82) is 0 Å². The summed E-state index contributed by atoms with van der Waals surface area (Å²) in [5.74, 6) is 1.93. The second-order valence-corrected chi connectivity index (χ2v) is 13.5.